The van der Waals surface area contributed by atoms with Crippen molar-refractivity contribution in [2.75, 3.05) is 6.61 Å². The highest BCUT2D eigenvalue weighted by atomic mass is 16.2. The van der Waals surface area contributed by atoms with Gasteiger partial charge in [-0.1, -0.05) is 54.6 Å². The van der Waals surface area contributed by atoms with Crippen molar-refractivity contribution in [2.24, 2.45) is 0 Å². The molecule has 1 aromatic carbocycles. The molecule has 0 saturated heterocycles. The van der Waals surface area contributed by atoms with E-state index in [0.717, 1.165) is 12.0 Å². The number of rotatable bonds is 5. The van der Waals surface area contributed by atoms with Crippen molar-refractivity contribution in [1.29, 1.82) is 0 Å². The molecular formula is C13H16O. The lowest BCUT2D eigenvalue weighted by Crippen LogP contribution is -1.84. The van der Waals surface area contributed by atoms with Gasteiger partial charge in [-0.05, 0) is 18.4 Å². The van der Waals surface area contributed by atoms with E-state index in [1.54, 1.807) is 0 Å². The van der Waals surface area contributed by atoms with Crippen LogP contribution in [-0.2, 0) is 0 Å². The summed E-state index contributed by atoms with van der Waals surface area (Å²) in [6.45, 7) is 4.06. The Morgan fingerprint density at radius 3 is 2.64 bits per heavy atom. The number of aliphatic hydroxyl groups excluding tert-OH is 1. The van der Waals surface area contributed by atoms with Gasteiger partial charge in [0.1, 0.15) is 0 Å². The van der Waals surface area contributed by atoms with E-state index in [0.29, 0.717) is 6.42 Å². The quantitative estimate of drug-likeness (QED) is 0.704. The van der Waals surface area contributed by atoms with Crippen molar-refractivity contribution in [3.05, 3.63) is 54.1 Å². The van der Waals surface area contributed by atoms with Crippen LogP contribution in [0.1, 0.15) is 18.4 Å². The summed E-state index contributed by atoms with van der Waals surface area (Å²) in [7, 11) is 0. The monoisotopic (exact) mass is 188 g/mol. The number of allylic oxidation sites excluding steroid dienone is 1. The Balaban J connectivity index is 2.38. The van der Waals surface area contributed by atoms with Gasteiger partial charge in [0.05, 0.1) is 0 Å². The summed E-state index contributed by atoms with van der Waals surface area (Å²) in [5.41, 5.74) is 2.27. The molecule has 1 N–H and O–H groups in total. The van der Waals surface area contributed by atoms with Crippen LogP contribution in [0, 0.1) is 0 Å². The molecule has 74 valence electrons. The minimum atomic E-state index is 0.192. The van der Waals surface area contributed by atoms with Crippen molar-refractivity contribution >= 4 is 6.08 Å². The fourth-order valence-corrected chi connectivity index (χ4v) is 1.19. The molecule has 0 amide bonds. The molecule has 1 aromatic rings. The first-order chi connectivity index (χ1) is 6.83. The van der Waals surface area contributed by atoms with Crippen LogP contribution in [0.25, 0.3) is 6.08 Å². The molecule has 0 unspecified atom stereocenters. The van der Waals surface area contributed by atoms with Crippen LogP contribution in [0.5, 0.6) is 0 Å². The zero-order valence-corrected chi connectivity index (χ0v) is 8.32. The van der Waals surface area contributed by atoms with E-state index in [9.17, 15) is 0 Å². The summed E-state index contributed by atoms with van der Waals surface area (Å²) >= 11 is 0. The zero-order valence-electron chi connectivity index (χ0n) is 8.32. The number of aliphatic hydroxyl groups is 1. The van der Waals surface area contributed by atoms with Gasteiger partial charge in [-0.2, -0.15) is 0 Å². The Morgan fingerprint density at radius 1 is 1.29 bits per heavy atom. The van der Waals surface area contributed by atoms with E-state index in [1.165, 1.54) is 5.56 Å². The van der Waals surface area contributed by atoms with Crippen LogP contribution in [0.4, 0.5) is 0 Å². The second kappa shape index (κ2) is 6.17. The Labute approximate surface area is 85.4 Å². The maximum absolute atomic E-state index is 8.67. The van der Waals surface area contributed by atoms with E-state index in [2.05, 4.69) is 30.9 Å². The predicted octanol–water partition coefficient (Wildman–Crippen LogP) is 3.03. The molecule has 1 heteroatoms. The molecule has 0 radical (unpaired) electrons. The summed E-state index contributed by atoms with van der Waals surface area (Å²) < 4.78 is 0. The third kappa shape index (κ3) is 4.06. The summed E-state index contributed by atoms with van der Waals surface area (Å²) in [4.78, 5) is 0. The molecular weight excluding hydrogens is 172 g/mol. The Kier molecular flexibility index (Phi) is 4.73. The highest BCUT2D eigenvalue weighted by Gasteiger charge is 1.89. The lowest BCUT2D eigenvalue weighted by molar-refractivity contribution is 0.299. The molecule has 0 aliphatic heterocycles. The minimum absolute atomic E-state index is 0.192. The molecule has 14 heavy (non-hydrogen) atoms. The lowest BCUT2D eigenvalue weighted by atomic mass is 10.1. The highest BCUT2D eigenvalue weighted by molar-refractivity contribution is 5.49. The molecule has 0 atom stereocenters. The molecule has 0 spiro atoms. The maximum Gasteiger partial charge on any atom is 0.0468 e. The van der Waals surface area contributed by atoms with Crippen LogP contribution >= 0.6 is 0 Å². The van der Waals surface area contributed by atoms with E-state index in [4.69, 9.17) is 5.11 Å². The van der Waals surface area contributed by atoms with Gasteiger partial charge < -0.3 is 5.11 Å². The van der Waals surface area contributed by atoms with Gasteiger partial charge in [0.25, 0.3) is 0 Å². The molecule has 0 heterocycles. The normalized spacial score (nSPS) is 10.6. The molecule has 0 bridgehead atoms. The second-order valence-corrected chi connectivity index (χ2v) is 3.24. The van der Waals surface area contributed by atoms with Crippen LogP contribution in [0.2, 0.25) is 0 Å². The van der Waals surface area contributed by atoms with Gasteiger partial charge in [-0.25, -0.2) is 0 Å². The van der Waals surface area contributed by atoms with Crippen molar-refractivity contribution < 1.29 is 5.11 Å². The van der Waals surface area contributed by atoms with Gasteiger partial charge in [0.2, 0.25) is 0 Å². The standard InChI is InChI=1S/C13H16O/c1-12(10-11-14)6-5-9-13-7-3-2-4-8-13/h2-5,7-9,14H,1,6,10-11H2/b9-5+. The Bertz CT molecular complexity index is 298. The zero-order chi connectivity index (χ0) is 10.2. The molecule has 1 nitrogen and oxygen atoms in total. The van der Waals surface area contributed by atoms with Crippen molar-refractivity contribution in [3.8, 4) is 0 Å². The summed E-state index contributed by atoms with van der Waals surface area (Å²) in [5.74, 6) is 0. The molecule has 0 aliphatic carbocycles. The Hall–Kier alpha value is -1.34. The Morgan fingerprint density at radius 2 is 2.00 bits per heavy atom. The van der Waals surface area contributed by atoms with Crippen LogP contribution in [0.3, 0.4) is 0 Å². The third-order valence-corrected chi connectivity index (χ3v) is 1.98. The maximum atomic E-state index is 8.67. The van der Waals surface area contributed by atoms with Crippen LogP contribution in [0.15, 0.2) is 48.6 Å². The van der Waals surface area contributed by atoms with Gasteiger partial charge >= 0.3 is 0 Å². The van der Waals surface area contributed by atoms with Crippen molar-refractivity contribution in [3.63, 3.8) is 0 Å². The molecule has 1 rings (SSSR count). The van der Waals surface area contributed by atoms with Gasteiger partial charge in [-0.15, -0.1) is 0 Å². The minimum Gasteiger partial charge on any atom is -0.396 e. The second-order valence-electron chi connectivity index (χ2n) is 3.24. The van der Waals surface area contributed by atoms with Crippen LogP contribution < -0.4 is 0 Å². The summed E-state index contributed by atoms with van der Waals surface area (Å²) in [6.07, 6.45) is 5.68. The first-order valence-corrected chi connectivity index (χ1v) is 4.82. The van der Waals surface area contributed by atoms with Crippen LogP contribution in [-0.4, -0.2) is 11.7 Å². The molecule has 0 fully saturated rings. The first-order valence-electron chi connectivity index (χ1n) is 4.82. The summed E-state index contributed by atoms with van der Waals surface area (Å²) in [6, 6.07) is 10.2. The van der Waals surface area contributed by atoms with E-state index in [1.807, 2.05) is 18.2 Å². The van der Waals surface area contributed by atoms with E-state index >= 15 is 0 Å². The SMILES string of the molecule is C=C(C/C=C/c1ccccc1)CCO. The number of benzene rings is 1. The first kappa shape index (κ1) is 10.7. The summed E-state index contributed by atoms with van der Waals surface area (Å²) in [5, 5.41) is 8.67. The predicted molar refractivity (Wildman–Crippen MR) is 60.9 cm³/mol. The molecule has 0 aliphatic rings. The van der Waals surface area contributed by atoms with E-state index in [-0.39, 0.29) is 6.61 Å². The van der Waals surface area contributed by atoms with Gasteiger partial charge in [0, 0.05) is 6.61 Å². The average molecular weight is 188 g/mol. The topological polar surface area (TPSA) is 20.2 Å². The fraction of sp³-hybridized carbons (Fsp3) is 0.231. The lowest BCUT2D eigenvalue weighted by Gasteiger charge is -1.97. The number of hydrogen-bond acceptors (Lipinski definition) is 1. The fourth-order valence-electron chi connectivity index (χ4n) is 1.19. The van der Waals surface area contributed by atoms with Gasteiger partial charge in [-0.3, -0.25) is 0 Å². The smallest absolute Gasteiger partial charge is 0.0468 e. The van der Waals surface area contributed by atoms with Crippen molar-refractivity contribution in [1.82, 2.24) is 0 Å². The molecule has 0 aromatic heterocycles. The van der Waals surface area contributed by atoms with E-state index < -0.39 is 0 Å². The van der Waals surface area contributed by atoms with Crippen molar-refractivity contribution in [2.45, 2.75) is 12.8 Å². The largest absolute Gasteiger partial charge is 0.396 e. The number of hydrogen-bond donors (Lipinski definition) is 1. The van der Waals surface area contributed by atoms with Gasteiger partial charge in [0.15, 0.2) is 0 Å². The molecule has 0 saturated carbocycles. The average Bonchev–Trinajstić information content (AvgIpc) is 2.20. The highest BCUT2D eigenvalue weighted by Crippen LogP contribution is 2.07. The third-order valence-electron chi connectivity index (χ3n) is 1.98.